The molecule has 1 aromatic carbocycles. The number of aromatic nitrogens is 1. The van der Waals surface area contributed by atoms with Crippen LogP contribution in [0.3, 0.4) is 0 Å². The molecule has 0 aliphatic heterocycles. The SMILES string of the molecule is COc1cccc(OC)c1-c1nc(CNC2CC2)co1. The molecular weight excluding hydrogens is 256 g/mol. The van der Waals surface area contributed by atoms with Crippen molar-refractivity contribution in [2.45, 2.75) is 25.4 Å². The summed E-state index contributed by atoms with van der Waals surface area (Å²) in [5.41, 5.74) is 1.63. The van der Waals surface area contributed by atoms with Crippen LogP contribution in [-0.2, 0) is 6.54 Å². The summed E-state index contributed by atoms with van der Waals surface area (Å²) < 4.78 is 16.3. The molecule has 5 nitrogen and oxygen atoms in total. The van der Waals surface area contributed by atoms with E-state index in [1.807, 2.05) is 18.2 Å². The highest BCUT2D eigenvalue weighted by Crippen LogP contribution is 2.37. The molecule has 0 spiro atoms. The van der Waals surface area contributed by atoms with Crippen molar-refractivity contribution in [1.82, 2.24) is 10.3 Å². The molecule has 0 radical (unpaired) electrons. The predicted octanol–water partition coefficient (Wildman–Crippen LogP) is 2.61. The molecule has 1 aliphatic rings. The predicted molar refractivity (Wildman–Crippen MR) is 74.9 cm³/mol. The molecule has 0 amide bonds. The molecule has 1 heterocycles. The Balaban J connectivity index is 1.87. The third-order valence-corrected chi connectivity index (χ3v) is 3.34. The molecule has 1 fully saturated rings. The average Bonchev–Trinajstić information content (AvgIpc) is 3.21. The third-order valence-electron chi connectivity index (χ3n) is 3.34. The Morgan fingerprint density at radius 2 is 1.95 bits per heavy atom. The Kier molecular flexibility index (Phi) is 3.60. The maximum absolute atomic E-state index is 5.58. The molecule has 0 bridgehead atoms. The lowest BCUT2D eigenvalue weighted by molar-refractivity contribution is 0.394. The quantitative estimate of drug-likeness (QED) is 0.877. The van der Waals surface area contributed by atoms with Gasteiger partial charge in [-0.3, -0.25) is 0 Å². The standard InChI is InChI=1S/C15H18N2O3/c1-18-12-4-3-5-13(19-2)14(12)15-17-11(9-20-15)8-16-10-6-7-10/h3-5,9-10,16H,6-8H2,1-2H3. The van der Waals surface area contributed by atoms with Gasteiger partial charge < -0.3 is 19.2 Å². The van der Waals surface area contributed by atoms with Gasteiger partial charge in [-0.25, -0.2) is 4.98 Å². The van der Waals surface area contributed by atoms with Crippen LogP contribution in [0, 0.1) is 0 Å². The zero-order valence-corrected chi connectivity index (χ0v) is 11.7. The number of oxazole rings is 1. The summed E-state index contributed by atoms with van der Waals surface area (Å²) in [6, 6.07) is 6.25. The first-order valence-electron chi connectivity index (χ1n) is 6.71. The van der Waals surface area contributed by atoms with Crippen LogP contribution >= 0.6 is 0 Å². The number of rotatable bonds is 6. The zero-order chi connectivity index (χ0) is 13.9. The number of methoxy groups -OCH3 is 2. The molecule has 1 N–H and O–H groups in total. The van der Waals surface area contributed by atoms with Gasteiger partial charge in [-0.1, -0.05) is 6.07 Å². The second-order valence-corrected chi connectivity index (χ2v) is 4.84. The van der Waals surface area contributed by atoms with Crippen LogP contribution in [0.25, 0.3) is 11.5 Å². The van der Waals surface area contributed by atoms with Crippen LogP contribution in [0.15, 0.2) is 28.9 Å². The Bertz CT molecular complexity index is 568. The van der Waals surface area contributed by atoms with Gasteiger partial charge in [0.15, 0.2) is 0 Å². The lowest BCUT2D eigenvalue weighted by atomic mass is 10.1. The first-order valence-corrected chi connectivity index (χ1v) is 6.71. The van der Waals surface area contributed by atoms with Crippen molar-refractivity contribution in [3.8, 4) is 23.0 Å². The van der Waals surface area contributed by atoms with E-state index in [1.165, 1.54) is 12.8 Å². The minimum absolute atomic E-state index is 0.520. The van der Waals surface area contributed by atoms with E-state index in [2.05, 4.69) is 10.3 Å². The summed E-state index contributed by atoms with van der Waals surface area (Å²) in [5, 5.41) is 3.41. The third kappa shape index (κ3) is 2.63. The van der Waals surface area contributed by atoms with Crippen LogP contribution in [0.2, 0.25) is 0 Å². The number of nitrogens with zero attached hydrogens (tertiary/aromatic N) is 1. The highest BCUT2D eigenvalue weighted by Gasteiger charge is 2.21. The summed E-state index contributed by atoms with van der Waals surface area (Å²) >= 11 is 0. The van der Waals surface area contributed by atoms with Crippen molar-refractivity contribution in [1.29, 1.82) is 0 Å². The van der Waals surface area contributed by atoms with Crippen molar-refractivity contribution in [3.63, 3.8) is 0 Å². The minimum Gasteiger partial charge on any atom is -0.496 e. The topological polar surface area (TPSA) is 56.5 Å². The molecule has 5 heteroatoms. The van der Waals surface area contributed by atoms with E-state index in [0.29, 0.717) is 23.4 Å². The van der Waals surface area contributed by atoms with Gasteiger partial charge in [-0.05, 0) is 25.0 Å². The summed E-state index contributed by atoms with van der Waals surface area (Å²) in [4.78, 5) is 4.51. The second-order valence-electron chi connectivity index (χ2n) is 4.84. The Hall–Kier alpha value is -2.01. The van der Waals surface area contributed by atoms with Crippen LogP contribution in [0.5, 0.6) is 11.5 Å². The number of nitrogens with one attached hydrogen (secondary N) is 1. The molecule has 106 valence electrons. The Labute approximate surface area is 117 Å². The van der Waals surface area contributed by atoms with Crippen LogP contribution in [0.4, 0.5) is 0 Å². The molecule has 3 rings (SSSR count). The van der Waals surface area contributed by atoms with E-state index in [-0.39, 0.29) is 0 Å². The first kappa shape index (κ1) is 13.0. The molecule has 0 saturated heterocycles. The fraction of sp³-hybridized carbons (Fsp3) is 0.400. The minimum atomic E-state index is 0.520. The van der Waals surface area contributed by atoms with E-state index < -0.39 is 0 Å². The highest BCUT2D eigenvalue weighted by molar-refractivity contribution is 5.70. The van der Waals surface area contributed by atoms with Gasteiger partial charge >= 0.3 is 0 Å². The van der Waals surface area contributed by atoms with Gasteiger partial charge in [-0.15, -0.1) is 0 Å². The Morgan fingerprint density at radius 3 is 2.55 bits per heavy atom. The van der Waals surface area contributed by atoms with Crippen molar-refractivity contribution < 1.29 is 13.9 Å². The van der Waals surface area contributed by atoms with Crippen molar-refractivity contribution in [2.24, 2.45) is 0 Å². The molecule has 0 atom stereocenters. The maximum atomic E-state index is 5.58. The number of hydrogen-bond donors (Lipinski definition) is 1. The van der Waals surface area contributed by atoms with Gasteiger partial charge in [0.2, 0.25) is 5.89 Å². The monoisotopic (exact) mass is 274 g/mol. The average molecular weight is 274 g/mol. The summed E-state index contributed by atoms with van der Waals surface area (Å²) in [7, 11) is 3.24. The fourth-order valence-electron chi connectivity index (χ4n) is 2.10. The molecule has 1 saturated carbocycles. The van der Waals surface area contributed by atoms with Crippen molar-refractivity contribution in [2.75, 3.05) is 14.2 Å². The van der Waals surface area contributed by atoms with Crippen LogP contribution < -0.4 is 14.8 Å². The molecule has 2 aromatic rings. The number of benzene rings is 1. The highest BCUT2D eigenvalue weighted by atomic mass is 16.5. The van der Waals surface area contributed by atoms with Crippen molar-refractivity contribution >= 4 is 0 Å². The molecular formula is C15H18N2O3. The lowest BCUT2D eigenvalue weighted by Gasteiger charge is -2.09. The fourth-order valence-corrected chi connectivity index (χ4v) is 2.10. The van der Waals surface area contributed by atoms with E-state index in [0.717, 1.165) is 17.8 Å². The van der Waals surface area contributed by atoms with E-state index >= 15 is 0 Å². The van der Waals surface area contributed by atoms with E-state index in [9.17, 15) is 0 Å². The van der Waals surface area contributed by atoms with Gasteiger partial charge in [0.1, 0.15) is 23.3 Å². The molecule has 20 heavy (non-hydrogen) atoms. The maximum Gasteiger partial charge on any atom is 0.233 e. The normalized spacial score (nSPS) is 14.3. The van der Waals surface area contributed by atoms with Gasteiger partial charge in [0.05, 0.1) is 19.9 Å². The van der Waals surface area contributed by atoms with Crippen molar-refractivity contribution in [3.05, 3.63) is 30.2 Å². The first-order chi connectivity index (χ1) is 9.81. The Morgan fingerprint density at radius 1 is 1.25 bits per heavy atom. The van der Waals surface area contributed by atoms with Gasteiger partial charge in [-0.2, -0.15) is 0 Å². The summed E-state index contributed by atoms with van der Waals surface area (Å²) in [5.74, 6) is 1.90. The molecule has 1 aliphatic carbocycles. The number of ether oxygens (including phenoxy) is 2. The van der Waals surface area contributed by atoms with Gasteiger partial charge in [0, 0.05) is 12.6 Å². The zero-order valence-electron chi connectivity index (χ0n) is 11.7. The van der Waals surface area contributed by atoms with Crippen LogP contribution in [-0.4, -0.2) is 25.2 Å². The molecule has 1 aromatic heterocycles. The lowest BCUT2D eigenvalue weighted by Crippen LogP contribution is -2.15. The second kappa shape index (κ2) is 5.54. The van der Waals surface area contributed by atoms with Crippen LogP contribution in [0.1, 0.15) is 18.5 Å². The van der Waals surface area contributed by atoms with Gasteiger partial charge in [0.25, 0.3) is 0 Å². The smallest absolute Gasteiger partial charge is 0.233 e. The largest absolute Gasteiger partial charge is 0.496 e. The van der Waals surface area contributed by atoms with E-state index in [4.69, 9.17) is 13.9 Å². The molecule has 0 unspecified atom stereocenters. The number of hydrogen-bond acceptors (Lipinski definition) is 5. The van der Waals surface area contributed by atoms with E-state index in [1.54, 1.807) is 20.5 Å². The summed E-state index contributed by atoms with van der Waals surface area (Å²) in [6.45, 7) is 0.728. The summed E-state index contributed by atoms with van der Waals surface area (Å²) in [6.07, 6.45) is 4.19.